The van der Waals surface area contributed by atoms with Gasteiger partial charge in [-0.2, -0.15) is 0 Å². The second-order valence-corrected chi connectivity index (χ2v) is 1.47. The van der Waals surface area contributed by atoms with Gasteiger partial charge >= 0.3 is 0 Å². The molecule has 0 spiro atoms. The SMILES string of the molecule is C=CN=CO[CH2][AlH2]. The van der Waals surface area contributed by atoms with Crippen molar-refractivity contribution in [2.24, 2.45) is 4.99 Å². The molecule has 0 saturated carbocycles. The summed E-state index contributed by atoms with van der Waals surface area (Å²) in [7, 11) is 0. The van der Waals surface area contributed by atoms with E-state index in [1.165, 1.54) is 12.6 Å². The van der Waals surface area contributed by atoms with Crippen molar-refractivity contribution >= 4 is 22.7 Å². The highest BCUT2D eigenvalue weighted by Crippen LogP contribution is 1.64. The zero-order valence-corrected chi connectivity index (χ0v) is 6.42. The van der Waals surface area contributed by atoms with E-state index in [9.17, 15) is 0 Å². The Morgan fingerprint density at radius 3 is 3.00 bits per heavy atom. The molecule has 0 aromatic carbocycles. The maximum absolute atomic E-state index is 4.77. The molecule has 0 aromatic heterocycles. The van der Waals surface area contributed by atoms with Crippen molar-refractivity contribution in [1.82, 2.24) is 0 Å². The molecule has 0 aromatic rings. The predicted octanol–water partition coefficient (Wildman–Crippen LogP) is -0.235. The van der Waals surface area contributed by atoms with Crippen molar-refractivity contribution in [3.05, 3.63) is 12.8 Å². The molecule has 0 rings (SSSR count). The van der Waals surface area contributed by atoms with E-state index in [0.29, 0.717) is 0 Å². The first-order chi connectivity index (χ1) is 3.41. The van der Waals surface area contributed by atoms with Crippen molar-refractivity contribution in [1.29, 1.82) is 0 Å². The lowest BCUT2D eigenvalue weighted by molar-refractivity contribution is 0.394. The average molecular weight is 113 g/mol. The first kappa shape index (κ1) is 6.74. The Kier molecular flexibility index (Phi) is 5.53. The fourth-order valence-electron chi connectivity index (χ4n) is 0.161. The van der Waals surface area contributed by atoms with Crippen molar-refractivity contribution in [2.75, 3.05) is 5.47 Å². The summed E-state index contributed by atoms with van der Waals surface area (Å²) in [5.41, 5.74) is 0.803. The van der Waals surface area contributed by atoms with Crippen LogP contribution in [0.3, 0.4) is 0 Å². The third kappa shape index (κ3) is 5.74. The summed E-state index contributed by atoms with van der Waals surface area (Å²) in [4.78, 5) is 3.60. The Balaban J connectivity index is 2.92. The molecule has 0 N–H and O–H groups in total. The van der Waals surface area contributed by atoms with Crippen LogP contribution in [0.15, 0.2) is 17.8 Å². The zero-order valence-electron chi connectivity index (χ0n) is 4.42. The molecule has 0 saturated heterocycles. The maximum Gasteiger partial charge on any atom is 0.273 e. The van der Waals surface area contributed by atoms with Crippen LogP contribution in [-0.2, 0) is 4.74 Å². The molecule has 0 unspecified atom stereocenters. The summed E-state index contributed by atoms with van der Waals surface area (Å²) in [5.74, 6) is 0. The predicted molar refractivity (Wildman–Crippen MR) is 33.2 cm³/mol. The number of hydrogen-bond donors (Lipinski definition) is 0. The Morgan fingerprint density at radius 2 is 2.57 bits per heavy atom. The summed E-state index contributed by atoms with van der Waals surface area (Å²) < 4.78 is 4.77. The van der Waals surface area contributed by atoms with Crippen LogP contribution >= 0.6 is 0 Å². The largest absolute Gasteiger partial charge is 0.500 e. The van der Waals surface area contributed by atoms with Gasteiger partial charge in [0.1, 0.15) is 0 Å². The number of nitrogens with zero attached hydrogens (tertiary/aromatic N) is 1. The lowest BCUT2D eigenvalue weighted by Crippen LogP contribution is -1.87. The van der Waals surface area contributed by atoms with Crippen molar-refractivity contribution in [3.63, 3.8) is 0 Å². The molecule has 3 heteroatoms. The molecule has 0 heterocycles. The van der Waals surface area contributed by atoms with Crippen LogP contribution in [-0.4, -0.2) is 28.2 Å². The Bertz CT molecular complexity index is 72.1. The smallest absolute Gasteiger partial charge is 0.273 e. The van der Waals surface area contributed by atoms with E-state index in [-0.39, 0.29) is 0 Å². The van der Waals surface area contributed by atoms with E-state index in [1.807, 2.05) is 0 Å². The van der Waals surface area contributed by atoms with Gasteiger partial charge in [0.15, 0.2) is 6.40 Å². The third-order valence-corrected chi connectivity index (χ3v) is 0.741. The fourth-order valence-corrected chi connectivity index (χ4v) is 0.310. The van der Waals surface area contributed by atoms with Crippen LogP contribution in [0.2, 0.25) is 0 Å². The number of aliphatic imine (C=N–C) groups is 1. The van der Waals surface area contributed by atoms with E-state index in [2.05, 4.69) is 11.6 Å². The molecular weight excluding hydrogens is 105 g/mol. The highest BCUT2D eigenvalue weighted by molar-refractivity contribution is 6.08. The van der Waals surface area contributed by atoms with E-state index in [4.69, 9.17) is 4.74 Å². The lowest BCUT2D eigenvalue weighted by Gasteiger charge is -1.86. The van der Waals surface area contributed by atoms with Crippen LogP contribution in [0.5, 0.6) is 0 Å². The van der Waals surface area contributed by atoms with Gasteiger partial charge in [-0.3, -0.25) is 0 Å². The topological polar surface area (TPSA) is 21.6 Å². The van der Waals surface area contributed by atoms with Gasteiger partial charge in [0.2, 0.25) is 0 Å². The molecule has 0 amide bonds. The molecule has 38 valence electrons. The molecule has 2 nitrogen and oxygen atoms in total. The zero-order chi connectivity index (χ0) is 5.54. The van der Waals surface area contributed by atoms with Gasteiger partial charge in [0.05, 0.1) is 0 Å². The minimum atomic E-state index is 0.803. The minimum Gasteiger partial charge on any atom is -0.500 e. The highest BCUT2D eigenvalue weighted by Gasteiger charge is 1.64. The second-order valence-electron chi connectivity index (χ2n) is 0.892. The molecule has 0 bridgehead atoms. The minimum absolute atomic E-state index is 0.803. The van der Waals surface area contributed by atoms with Gasteiger partial charge in [-0.25, -0.2) is 4.99 Å². The molecule has 0 fully saturated rings. The maximum atomic E-state index is 4.77. The van der Waals surface area contributed by atoms with Crippen LogP contribution in [0.4, 0.5) is 0 Å². The summed E-state index contributed by atoms with van der Waals surface area (Å²) in [6.07, 6.45) is 2.84. The summed E-state index contributed by atoms with van der Waals surface area (Å²) in [5, 5.41) is 0. The molecule has 0 atom stereocenters. The van der Waals surface area contributed by atoms with E-state index >= 15 is 0 Å². The molecule has 0 aliphatic rings. The highest BCUT2D eigenvalue weighted by atomic mass is 27.0. The van der Waals surface area contributed by atoms with Gasteiger partial charge in [-0.1, -0.05) is 6.58 Å². The van der Waals surface area contributed by atoms with Crippen LogP contribution < -0.4 is 0 Å². The average Bonchev–Trinajstić information content (AvgIpc) is 1.69. The lowest BCUT2D eigenvalue weighted by atomic mass is 11.0. The Hall–Kier alpha value is -0.258. The number of rotatable bonds is 3. The first-order valence-electron chi connectivity index (χ1n) is 2.16. The van der Waals surface area contributed by atoms with Crippen molar-refractivity contribution in [3.8, 4) is 0 Å². The van der Waals surface area contributed by atoms with Crippen LogP contribution in [0, 0.1) is 0 Å². The quantitative estimate of drug-likeness (QED) is 0.281. The summed E-state index contributed by atoms with van der Waals surface area (Å²) in [6, 6.07) is 0. The fraction of sp³-hybridized carbons (Fsp3) is 0.250. The van der Waals surface area contributed by atoms with E-state index in [1.54, 1.807) is 0 Å². The van der Waals surface area contributed by atoms with Gasteiger partial charge < -0.3 is 4.74 Å². The number of ether oxygens (including phenoxy) is 1. The standard InChI is InChI=1S/C4H6NO.Al.2H/c1-3-5-4-6-2;;;/h3-4H,1-2H2;;;. The molecule has 0 radical (unpaired) electrons. The molecular formula is C4H8AlNO. The van der Waals surface area contributed by atoms with Gasteiger partial charge in [-0.05, 0) is 0 Å². The molecule has 7 heavy (non-hydrogen) atoms. The summed E-state index contributed by atoms with van der Waals surface area (Å²) >= 11 is 1.06. The van der Waals surface area contributed by atoms with E-state index in [0.717, 1.165) is 21.8 Å². The number of hydrogen-bond acceptors (Lipinski definition) is 2. The molecule has 0 aliphatic heterocycles. The second kappa shape index (κ2) is 5.74. The van der Waals surface area contributed by atoms with Gasteiger partial charge in [0, 0.05) is 11.7 Å². The Morgan fingerprint density at radius 1 is 1.86 bits per heavy atom. The van der Waals surface area contributed by atoms with E-state index < -0.39 is 0 Å². The van der Waals surface area contributed by atoms with Gasteiger partial charge in [-0.15, -0.1) is 0 Å². The monoisotopic (exact) mass is 113 g/mol. The Labute approximate surface area is 51.3 Å². The van der Waals surface area contributed by atoms with Crippen LogP contribution in [0.25, 0.3) is 0 Å². The summed E-state index contributed by atoms with van der Waals surface area (Å²) in [6.45, 7) is 3.37. The normalized spacial score (nSPS) is 9.14. The van der Waals surface area contributed by atoms with Gasteiger partial charge in [0.25, 0.3) is 16.3 Å². The van der Waals surface area contributed by atoms with Crippen molar-refractivity contribution in [2.45, 2.75) is 0 Å². The molecule has 0 aliphatic carbocycles. The van der Waals surface area contributed by atoms with Crippen molar-refractivity contribution < 1.29 is 4.74 Å². The third-order valence-electron chi connectivity index (χ3n) is 0.407. The van der Waals surface area contributed by atoms with Crippen LogP contribution in [0.1, 0.15) is 0 Å². The first-order valence-corrected chi connectivity index (χ1v) is 3.57.